The third-order valence-corrected chi connectivity index (χ3v) is 3.00. The Labute approximate surface area is 118 Å². The highest BCUT2D eigenvalue weighted by Gasteiger charge is 2.23. The van der Waals surface area contributed by atoms with E-state index in [-0.39, 0.29) is 22.0 Å². The summed E-state index contributed by atoms with van der Waals surface area (Å²) in [5.74, 6) is -0.843. The highest BCUT2D eigenvalue weighted by Crippen LogP contribution is 2.29. The normalized spacial score (nSPS) is 10.1. The molecule has 20 heavy (non-hydrogen) atoms. The van der Waals surface area contributed by atoms with E-state index in [0.29, 0.717) is 5.06 Å². The van der Waals surface area contributed by atoms with Crippen molar-refractivity contribution in [2.45, 2.75) is 0 Å². The molecule has 7 heteroatoms. The minimum Gasteiger partial charge on any atom is -0.281 e. The van der Waals surface area contributed by atoms with Crippen LogP contribution in [0.5, 0.6) is 0 Å². The topological polar surface area (TPSA) is 83.7 Å². The molecule has 6 nitrogen and oxygen atoms in total. The van der Waals surface area contributed by atoms with Gasteiger partial charge in [-0.3, -0.25) is 20.1 Å². The van der Waals surface area contributed by atoms with E-state index in [9.17, 15) is 20.1 Å². The van der Waals surface area contributed by atoms with E-state index in [1.807, 2.05) is 0 Å². The first kappa shape index (κ1) is 14.0. The van der Waals surface area contributed by atoms with E-state index in [1.54, 1.807) is 18.2 Å². The van der Waals surface area contributed by atoms with Crippen molar-refractivity contribution in [3.8, 4) is 0 Å². The van der Waals surface area contributed by atoms with Gasteiger partial charge in [-0.15, -0.1) is 0 Å². The summed E-state index contributed by atoms with van der Waals surface area (Å²) in [5, 5.41) is 20.7. The lowest BCUT2D eigenvalue weighted by Crippen LogP contribution is -2.27. The average Bonchev–Trinajstić information content (AvgIpc) is 2.46. The van der Waals surface area contributed by atoms with E-state index in [1.165, 1.54) is 30.3 Å². The summed E-state index contributed by atoms with van der Waals surface area (Å²) < 4.78 is 0. The molecule has 0 spiro atoms. The molecule has 0 heterocycles. The molecule has 0 bridgehead atoms. The number of hydrogen-bond donors (Lipinski definition) is 1. The molecule has 0 atom stereocenters. The SMILES string of the molecule is O=C(c1cccc([N+](=O)[O-])c1Cl)N(O)c1ccccc1. The predicted octanol–water partition coefficient (Wildman–Crippen LogP) is 3.28. The van der Waals surface area contributed by atoms with Crippen molar-refractivity contribution in [1.29, 1.82) is 0 Å². The summed E-state index contributed by atoms with van der Waals surface area (Å²) in [6.07, 6.45) is 0. The van der Waals surface area contributed by atoms with Gasteiger partial charge in [0, 0.05) is 6.07 Å². The second-order valence-corrected chi connectivity index (χ2v) is 4.23. The molecule has 0 aliphatic carbocycles. The summed E-state index contributed by atoms with van der Waals surface area (Å²) >= 11 is 5.83. The van der Waals surface area contributed by atoms with E-state index < -0.39 is 10.8 Å². The Morgan fingerprint density at radius 3 is 2.40 bits per heavy atom. The minimum absolute atomic E-state index is 0.146. The van der Waals surface area contributed by atoms with Gasteiger partial charge in [0.1, 0.15) is 5.02 Å². The largest absolute Gasteiger partial charge is 0.288 e. The molecule has 0 saturated carbocycles. The number of amides is 1. The monoisotopic (exact) mass is 292 g/mol. The first-order valence-electron chi connectivity index (χ1n) is 5.53. The molecule has 102 valence electrons. The Morgan fingerprint density at radius 2 is 1.80 bits per heavy atom. The molecule has 0 radical (unpaired) electrons. The van der Waals surface area contributed by atoms with Gasteiger partial charge in [0.2, 0.25) is 0 Å². The van der Waals surface area contributed by atoms with Gasteiger partial charge in [0.25, 0.3) is 11.6 Å². The fourth-order valence-corrected chi connectivity index (χ4v) is 1.90. The number of nitrogens with zero attached hydrogens (tertiary/aromatic N) is 2. The quantitative estimate of drug-likeness (QED) is 0.534. The van der Waals surface area contributed by atoms with Crippen molar-refractivity contribution in [2.75, 3.05) is 5.06 Å². The Balaban J connectivity index is 2.40. The van der Waals surface area contributed by atoms with Crippen LogP contribution in [0.25, 0.3) is 0 Å². The van der Waals surface area contributed by atoms with Crippen LogP contribution in [0.1, 0.15) is 10.4 Å². The molecule has 2 aromatic rings. The van der Waals surface area contributed by atoms with Crippen molar-refractivity contribution >= 4 is 28.9 Å². The summed E-state index contributed by atoms with van der Waals surface area (Å²) in [7, 11) is 0. The number of anilines is 1. The van der Waals surface area contributed by atoms with Gasteiger partial charge in [-0.25, -0.2) is 0 Å². The molecule has 0 unspecified atom stereocenters. The van der Waals surface area contributed by atoms with Crippen molar-refractivity contribution in [3.63, 3.8) is 0 Å². The van der Waals surface area contributed by atoms with Crippen LogP contribution in [0.2, 0.25) is 5.02 Å². The van der Waals surface area contributed by atoms with Gasteiger partial charge in [-0.1, -0.05) is 35.9 Å². The third kappa shape index (κ3) is 2.61. The molecule has 2 aromatic carbocycles. The molecule has 0 aliphatic heterocycles. The molecule has 0 saturated heterocycles. The number of carbonyl (C=O) groups is 1. The highest BCUT2D eigenvalue weighted by atomic mass is 35.5. The molecule has 2 rings (SSSR count). The Kier molecular flexibility index (Phi) is 3.97. The zero-order chi connectivity index (χ0) is 14.7. The Hall–Kier alpha value is -2.44. The fraction of sp³-hybridized carbons (Fsp3) is 0. The van der Waals surface area contributed by atoms with Crippen LogP contribution in [-0.4, -0.2) is 16.0 Å². The lowest BCUT2D eigenvalue weighted by molar-refractivity contribution is -0.384. The van der Waals surface area contributed by atoms with Crippen molar-refractivity contribution in [3.05, 3.63) is 69.2 Å². The first-order valence-corrected chi connectivity index (χ1v) is 5.91. The lowest BCUT2D eigenvalue weighted by atomic mass is 10.1. The van der Waals surface area contributed by atoms with Gasteiger partial charge in [0.05, 0.1) is 16.2 Å². The molecule has 1 N–H and O–H groups in total. The van der Waals surface area contributed by atoms with E-state index in [2.05, 4.69) is 0 Å². The van der Waals surface area contributed by atoms with Crippen LogP contribution in [0.3, 0.4) is 0 Å². The second-order valence-electron chi connectivity index (χ2n) is 3.85. The number of nitro groups is 1. The highest BCUT2D eigenvalue weighted by molar-refractivity contribution is 6.36. The summed E-state index contributed by atoms with van der Waals surface area (Å²) in [6, 6.07) is 11.9. The van der Waals surface area contributed by atoms with Gasteiger partial charge >= 0.3 is 0 Å². The maximum absolute atomic E-state index is 12.1. The van der Waals surface area contributed by atoms with E-state index >= 15 is 0 Å². The Morgan fingerprint density at radius 1 is 1.15 bits per heavy atom. The predicted molar refractivity (Wildman–Crippen MR) is 73.1 cm³/mol. The maximum Gasteiger partial charge on any atom is 0.288 e. The summed E-state index contributed by atoms with van der Waals surface area (Å²) in [4.78, 5) is 22.2. The molecule has 0 aromatic heterocycles. The molecular formula is C13H9ClN2O4. The van der Waals surface area contributed by atoms with E-state index in [0.717, 1.165) is 0 Å². The van der Waals surface area contributed by atoms with E-state index in [4.69, 9.17) is 11.6 Å². The standard InChI is InChI=1S/C13H9ClN2O4/c14-12-10(7-4-8-11(12)16(19)20)13(17)15(18)9-5-2-1-3-6-9/h1-8,18H. The molecule has 0 aliphatic rings. The number of hydroxylamine groups is 1. The fourth-order valence-electron chi connectivity index (χ4n) is 1.63. The van der Waals surface area contributed by atoms with Crippen LogP contribution in [0, 0.1) is 10.1 Å². The summed E-state index contributed by atoms with van der Waals surface area (Å²) in [6.45, 7) is 0. The lowest BCUT2D eigenvalue weighted by Gasteiger charge is -2.15. The van der Waals surface area contributed by atoms with Crippen LogP contribution in [0.15, 0.2) is 48.5 Å². The number of halogens is 1. The number of carbonyl (C=O) groups excluding carboxylic acids is 1. The first-order chi connectivity index (χ1) is 9.52. The van der Waals surface area contributed by atoms with Crippen molar-refractivity contribution < 1.29 is 14.9 Å². The molecule has 1 amide bonds. The second kappa shape index (κ2) is 5.68. The average molecular weight is 293 g/mol. The number of para-hydroxylation sites is 1. The number of benzene rings is 2. The van der Waals surface area contributed by atoms with Gasteiger partial charge < -0.3 is 0 Å². The zero-order valence-corrected chi connectivity index (χ0v) is 10.8. The smallest absolute Gasteiger partial charge is 0.281 e. The van der Waals surface area contributed by atoms with Crippen LogP contribution < -0.4 is 5.06 Å². The molecule has 0 fully saturated rings. The maximum atomic E-state index is 12.1. The molecular weight excluding hydrogens is 284 g/mol. The number of rotatable bonds is 3. The van der Waals surface area contributed by atoms with Crippen molar-refractivity contribution in [2.24, 2.45) is 0 Å². The van der Waals surface area contributed by atoms with Crippen LogP contribution >= 0.6 is 11.6 Å². The summed E-state index contributed by atoms with van der Waals surface area (Å²) in [5.41, 5.74) is -0.300. The number of nitro benzene ring substituents is 1. The van der Waals surface area contributed by atoms with Crippen LogP contribution in [-0.2, 0) is 0 Å². The van der Waals surface area contributed by atoms with Crippen molar-refractivity contribution in [1.82, 2.24) is 0 Å². The van der Waals surface area contributed by atoms with Gasteiger partial charge in [-0.2, -0.15) is 5.06 Å². The van der Waals surface area contributed by atoms with Gasteiger partial charge in [0.15, 0.2) is 0 Å². The van der Waals surface area contributed by atoms with Gasteiger partial charge in [-0.05, 0) is 18.2 Å². The Bertz CT molecular complexity index is 661. The third-order valence-electron chi connectivity index (χ3n) is 2.60. The van der Waals surface area contributed by atoms with Crippen LogP contribution in [0.4, 0.5) is 11.4 Å². The zero-order valence-electron chi connectivity index (χ0n) is 10.1. The minimum atomic E-state index is -0.843. The number of hydrogen-bond acceptors (Lipinski definition) is 4.